The van der Waals surface area contributed by atoms with E-state index in [4.69, 9.17) is 0 Å². The maximum Gasteiger partial charge on any atom is 0.151 e. The minimum absolute atomic E-state index is 0.0604. The van der Waals surface area contributed by atoms with Crippen molar-refractivity contribution in [2.45, 2.75) is 38.8 Å². The predicted molar refractivity (Wildman–Crippen MR) is 85.5 cm³/mol. The molecule has 2 rings (SSSR count). The zero-order chi connectivity index (χ0) is 15.8. The van der Waals surface area contributed by atoms with Crippen LogP contribution < -0.4 is 10.2 Å². The average molecular weight is 314 g/mol. The number of hydrogen-bond donors (Lipinski definition) is 1. The Morgan fingerprint density at radius 1 is 1.43 bits per heavy atom. The van der Waals surface area contributed by atoms with Crippen LogP contribution in [-0.2, 0) is 23.4 Å². The van der Waals surface area contributed by atoms with Crippen molar-refractivity contribution in [3.05, 3.63) is 11.3 Å². The summed E-state index contributed by atoms with van der Waals surface area (Å²) in [5.41, 5.74) is 2.25. The first-order valence-corrected chi connectivity index (χ1v) is 9.20. The maximum atomic E-state index is 11.5. The van der Waals surface area contributed by atoms with Crippen molar-refractivity contribution in [1.82, 2.24) is 15.1 Å². The molecule has 21 heavy (non-hydrogen) atoms. The first-order valence-electron chi connectivity index (χ1n) is 7.38. The Bertz CT molecular complexity index is 605. The molecule has 1 N–H and O–H groups in total. The number of nitrogens with one attached hydrogen (secondary N) is 1. The van der Waals surface area contributed by atoms with Gasteiger partial charge in [-0.05, 0) is 12.3 Å². The Balaban J connectivity index is 2.18. The molecule has 1 aliphatic heterocycles. The number of aromatic nitrogens is 2. The second-order valence-corrected chi connectivity index (χ2v) is 8.57. The van der Waals surface area contributed by atoms with Crippen LogP contribution >= 0.6 is 0 Å². The van der Waals surface area contributed by atoms with Crippen LogP contribution in [0.25, 0.3) is 0 Å². The normalized spacial score (nSPS) is 21.1. The third kappa shape index (κ3) is 3.58. The third-order valence-corrected chi connectivity index (χ3v) is 5.68. The first kappa shape index (κ1) is 16.3. The molecule has 120 valence electrons. The van der Waals surface area contributed by atoms with Crippen molar-refractivity contribution in [1.29, 1.82) is 0 Å². The molecule has 6 nitrogen and oxygen atoms in total. The van der Waals surface area contributed by atoms with Gasteiger partial charge in [0.25, 0.3) is 0 Å². The fraction of sp³-hybridized carbons (Fsp3) is 0.786. The van der Waals surface area contributed by atoms with Crippen molar-refractivity contribution < 1.29 is 8.42 Å². The lowest BCUT2D eigenvalue weighted by Gasteiger charge is -2.18. The molecule has 1 fully saturated rings. The molecule has 0 aromatic carbocycles. The van der Waals surface area contributed by atoms with Crippen molar-refractivity contribution in [2.75, 3.05) is 30.5 Å². The topological polar surface area (TPSA) is 67.2 Å². The Kier molecular flexibility index (Phi) is 4.63. The Hall–Kier alpha value is -1.08. The van der Waals surface area contributed by atoms with Crippen LogP contribution in [0.1, 0.15) is 37.4 Å². The standard InChI is InChI=1S/C14H26N4O2S/c1-10(2)13-12(14(17(3)4)18(5)16-13)8-15-11-6-7-21(19,20)9-11/h10-11,15H,6-9H2,1-5H3/t11-/m1/s1. The van der Waals surface area contributed by atoms with E-state index in [1.165, 1.54) is 5.56 Å². The van der Waals surface area contributed by atoms with E-state index in [-0.39, 0.29) is 11.8 Å². The van der Waals surface area contributed by atoms with E-state index in [9.17, 15) is 8.42 Å². The Labute approximate surface area is 127 Å². The summed E-state index contributed by atoms with van der Waals surface area (Å²) >= 11 is 0. The monoisotopic (exact) mass is 314 g/mol. The zero-order valence-electron chi connectivity index (χ0n) is 13.5. The van der Waals surface area contributed by atoms with E-state index in [1.807, 2.05) is 25.8 Å². The first-order chi connectivity index (χ1) is 9.71. The summed E-state index contributed by atoms with van der Waals surface area (Å²) in [6, 6.07) is 0.0604. The highest BCUT2D eigenvalue weighted by Crippen LogP contribution is 2.27. The lowest BCUT2D eigenvalue weighted by atomic mass is 10.0. The van der Waals surface area contributed by atoms with Gasteiger partial charge in [-0.15, -0.1) is 0 Å². The van der Waals surface area contributed by atoms with Crippen molar-refractivity contribution in [3.63, 3.8) is 0 Å². The third-order valence-electron chi connectivity index (χ3n) is 3.91. The highest BCUT2D eigenvalue weighted by molar-refractivity contribution is 7.91. The summed E-state index contributed by atoms with van der Waals surface area (Å²) in [6.07, 6.45) is 0.705. The smallest absolute Gasteiger partial charge is 0.151 e. The molecule has 2 heterocycles. The summed E-state index contributed by atoms with van der Waals surface area (Å²) in [5, 5.41) is 8.02. The maximum absolute atomic E-state index is 11.5. The number of nitrogens with zero attached hydrogens (tertiary/aromatic N) is 3. The molecule has 0 radical (unpaired) electrons. The molecule has 1 aliphatic rings. The summed E-state index contributed by atoms with van der Waals surface area (Å²) in [7, 11) is 3.12. The van der Waals surface area contributed by atoms with Gasteiger partial charge in [-0.1, -0.05) is 13.8 Å². The molecular weight excluding hydrogens is 288 g/mol. The van der Waals surface area contributed by atoms with Crippen LogP contribution in [-0.4, -0.2) is 49.8 Å². The number of rotatable bonds is 5. The van der Waals surface area contributed by atoms with Gasteiger partial charge in [0.05, 0.1) is 17.2 Å². The van der Waals surface area contributed by atoms with E-state index < -0.39 is 9.84 Å². The van der Waals surface area contributed by atoms with E-state index >= 15 is 0 Å². The van der Waals surface area contributed by atoms with Crippen molar-refractivity contribution in [3.8, 4) is 0 Å². The van der Waals surface area contributed by atoms with Gasteiger partial charge < -0.3 is 10.2 Å². The highest BCUT2D eigenvalue weighted by atomic mass is 32.2. The van der Waals surface area contributed by atoms with E-state index in [2.05, 4.69) is 29.2 Å². The largest absolute Gasteiger partial charge is 0.363 e. The van der Waals surface area contributed by atoms with Gasteiger partial charge in [0.1, 0.15) is 5.82 Å². The quantitative estimate of drug-likeness (QED) is 0.874. The van der Waals surface area contributed by atoms with Crippen LogP contribution in [0.3, 0.4) is 0 Å². The molecule has 0 saturated carbocycles. The summed E-state index contributed by atoms with van der Waals surface area (Å²) in [5.74, 6) is 1.97. The summed E-state index contributed by atoms with van der Waals surface area (Å²) in [6.45, 7) is 4.92. The van der Waals surface area contributed by atoms with Gasteiger partial charge >= 0.3 is 0 Å². The minimum atomic E-state index is -2.84. The fourth-order valence-corrected chi connectivity index (χ4v) is 4.68. The molecule has 0 spiro atoms. The van der Waals surface area contributed by atoms with Crippen LogP contribution in [0.2, 0.25) is 0 Å². The summed E-state index contributed by atoms with van der Waals surface area (Å²) in [4.78, 5) is 2.06. The molecule has 0 aliphatic carbocycles. The minimum Gasteiger partial charge on any atom is -0.363 e. The van der Waals surface area contributed by atoms with E-state index in [0.29, 0.717) is 24.6 Å². The molecule has 1 atom stereocenters. The van der Waals surface area contributed by atoms with Gasteiger partial charge in [0.15, 0.2) is 9.84 Å². The van der Waals surface area contributed by atoms with Gasteiger partial charge in [-0.2, -0.15) is 5.10 Å². The lowest BCUT2D eigenvalue weighted by Crippen LogP contribution is -2.30. The zero-order valence-corrected chi connectivity index (χ0v) is 14.4. The fourth-order valence-electron chi connectivity index (χ4n) is 2.97. The molecule has 0 bridgehead atoms. The van der Waals surface area contributed by atoms with E-state index in [1.54, 1.807) is 0 Å². The average Bonchev–Trinajstić information content (AvgIpc) is 2.86. The highest BCUT2D eigenvalue weighted by Gasteiger charge is 2.28. The van der Waals surface area contributed by atoms with Gasteiger partial charge in [0.2, 0.25) is 0 Å². The number of sulfone groups is 1. The Morgan fingerprint density at radius 3 is 2.57 bits per heavy atom. The summed E-state index contributed by atoms with van der Waals surface area (Å²) < 4.78 is 25.0. The van der Waals surface area contributed by atoms with Crippen LogP contribution in [0, 0.1) is 0 Å². The van der Waals surface area contributed by atoms with E-state index in [0.717, 1.165) is 11.5 Å². The molecule has 0 amide bonds. The molecular formula is C14H26N4O2S. The van der Waals surface area contributed by atoms with Gasteiger partial charge in [-0.3, -0.25) is 4.68 Å². The van der Waals surface area contributed by atoms with Crippen molar-refractivity contribution in [2.24, 2.45) is 7.05 Å². The Morgan fingerprint density at radius 2 is 2.10 bits per heavy atom. The molecule has 0 unspecified atom stereocenters. The molecule has 7 heteroatoms. The van der Waals surface area contributed by atoms with Crippen LogP contribution in [0.4, 0.5) is 5.82 Å². The molecule has 1 aromatic rings. The van der Waals surface area contributed by atoms with Gasteiger partial charge in [0, 0.05) is 39.3 Å². The SMILES string of the molecule is CC(C)c1nn(C)c(N(C)C)c1CN[C@@H]1CCS(=O)(=O)C1. The second-order valence-electron chi connectivity index (χ2n) is 6.34. The number of aryl methyl sites for hydroxylation is 1. The van der Waals surface area contributed by atoms with Crippen molar-refractivity contribution >= 4 is 15.7 Å². The number of hydrogen-bond acceptors (Lipinski definition) is 5. The molecule has 1 saturated heterocycles. The molecule has 1 aromatic heterocycles. The second kappa shape index (κ2) is 5.96. The number of anilines is 1. The van der Waals surface area contributed by atoms with Crippen LogP contribution in [0.15, 0.2) is 0 Å². The van der Waals surface area contributed by atoms with Gasteiger partial charge in [-0.25, -0.2) is 8.42 Å². The predicted octanol–water partition coefficient (Wildman–Crippen LogP) is 0.886. The van der Waals surface area contributed by atoms with Crippen LogP contribution in [0.5, 0.6) is 0 Å². The lowest BCUT2D eigenvalue weighted by molar-refractivity contribution is 0.551.